The van der Waals surface area contributed by atoms with Gasteiger partial charge in [-0.05, 0) is 28.0 Å². The molecule has 0 unspecified atom stereocenters. The number of Topliss-reactive ketones (excluding diaryl/α,β-unsaturated/α-hetero) is 1. The number of hydrogen-bond donors (Lipinski definition) is 3. The molecule has 29 heavy (non-hydrogen) atoms. The molecule has 1 aliphatic rings. The summed E-state index contributed by atoms with van der Waals surface area (Å²) in [5.41, 5.74) is -2.65. The van der Waals surface area contributed by atoms with E-state index >= 15 is 0 Å². The molecule has 2 aromatic rings. The molecule has 3 N–H and O–H groups in total. The summed E-state index contributed by atoms with van der Waals surface area (Å²) in [6.07, 6.45) is -5.26. The second-order valence-corrected chi connectivity index (χ2v) is 8.98. The number of benzene rings is 1. The third-order valence-electron chi connectivity index (χ3n) is 4.99. The Bertz CT molecular complexity index is 905. The lowest BCUT2D eigenvalue weighted by Gasteiger charge is -2.45. The lowest BCUT2D eigenvalue weighted by Crippen LogP contribution is -2.72. The molecule has 1 aromatic carbocycles. The van der Waals surface area contributed by atoms with E-state index in [4.69, 9.17) is 0 Å². The fourth-order valence-electron chi connectivity index (χ4n) is 3.38. The number of hydrogen-bond acceptors (Lipinski definition) is 4. The van der Waals surface area contributed by atoms with Crippen molar-refractivity contribution in [1.82, 2.24) is 10.6 Å². The van der Waals surface area contributed by atoms with Crippen molar-refractivity contribution in [3.05, 3.63) is 57.8 Å². The zero-order valence-corrected chi connectivity index (χ0v) is 16.8. The van der Waals surface area contributed by atoms with Gasteiger partial charge >= 0.3 is 12.2 Å². The summed E-state index contributed by atoms with van der Waals surface area (Å²) in [5.74, 6) is -2.91. The lowest BCUT2D eigenvalue weighted by molar-refractivity contribution is -0.287. The number of carbonyl (C=O) groups is 2. The van der Waals surface area contributed by atoms with Crippen molar-refractivity contribution in [2.75, 3.05) is 0 Å². The second kappa shape index (κ2) is 7.14. The highest BCUT2D eigenvalue weighted by atomic mass is 32.1. The maximum atomic E-state index is 13.8. The Balaban J connectivity index is 2.11. The predicted molar refractivity (Wildman–Crippen MR) is 103 cm³/mol. The minimum absolute atomic E-state index is 0.0620. The average molecular weight is 426 g/mol. The number of carbonyl (C=O) groups excluding carboxylic acids is 2. The van der Waals surface area contributed by atoms with Gasteiger partial charge in [-0.2, -0.15) is 13.2 Å². The number of ketones is 1. The van der Waals surface area contributed by atoms with Gasteiger partial charge in [0.25, 0.3) is 0 Å². The molecule has 3 rings (SSSR count). The minimum Gasteiger partial charge on any atom is -0.363 e. The van der Waals surface area contributed by atoms with Crippen molar-refractivity contribution in [1.29, 1.82) is 0 Å². The number of nitrogens with one attached hydrogen (secondary N) is 2. The highest BCUT2D eigenvalue weighted by Crippen LogP contribution is 2.44. The normalized spacial score (nSPS) is 25.3. The highest BCUT2D eigenvalue weighted by Gasteiger charge is 2.66. The summed E-state index contributed by atoms with van der Waals surface area (Å²) in [4.78, 5) is 25.1. The predicted octanol–water partition coefficient (Wildman–Crippen LogP) is 4.15. The van der Waals surface area contributed by atoms with Gasteiger partial charge in [0, 0.05) is 0 Å². The Morgan fingerprint density at radius 2 is 1.76 bits per heavy atom. The van der Waals surface area contributed by atoms with Gasteiger partial charge in [-0.25, -0.2) is 4.79 Å². The summed E-state index contributed by atoms with van der Waals surface area (Å²) in [5, 5.41) is 16.0. The van der Waals surface area contributed by atoms with Crippen molar-refractivity contribution in [2.24, 2.45) is 5.92 Å². The van der Waals surface area contributed by atoms with Crippen LogP contribution in [0.2, 0.25) is 0 Å². The van der Waals surface area contributed by atoms with Crippen LogP contribution in [-0.2, 0) is 5.41 Å². The molecule has 5 nitrogen and oxygen atoms in total. The average Bonchev–Trinajstić information content (AvgIpc) is 3.13. The Kier molecular flexibility index (Phi) is 5.25. The standard InChI is InChI=1S/C20H21F3N2O3S/c1-18(2,3)12-8-6-11(7-9-12)15-14(16(26)13-5-4-10-29-13)19(28,20(21,22)23)25-17(27)24-15/h4-10,14-15,28H,1-3H3,(H2,24,25,27)/t14-,15+,19-/m0/s1. The van der Waals surface area contributed by atoms with Gasteiger partial charge < -0.3 is 15.7 Å². The number of rotatable bonds is 3. The van der Waals surface area contributed by atoms with E-state index in [-0.39, 0.29) is 10.3 Å². The van der Waals surface area contributed by atoms with Gasteiger partial charge in [0.1, 0.15) is 5.92 Å². The van der Waals surface area contributed by atoms with Crippen LogP contribution >= 0.6 is 11.3 Å². The number of thiophene rings is 1. The molecule has 1 fully saturated rings. The molecule has 1 aliphatic heterocycles. The van der Waals surface area contributed by atoms with Crippen LogP contribution in [0.15, 0.2) is 41.8 Å². The van der Waals surface area contributed by atoms with E-state index in [1.165, 1.54) is 17.4 Å². The monoisotopic (exact) mass is 426 g/mol. The second-order valence-electron chi connectivity index (χ2n) is 8.03. The van der Waals surface area contributed by atoms with Gasteiger partial charge in [-0.15, -0.1) is 11.3 Å². The molecule has 0 bridgehead atoms. The number of aliphatic hydroxyl groups is 1. The molecule has 1 aromatic heterocycles. The zero-order valence-electron chi connectivity index (χ0n) is 16.0. The molecular weight excluding hydrogens is 405 g/mol. The molecule has 0 radical (unpaired) electrons. The molecule has 1 saturated heterocycles. The van der Waals surface area contributed by atoms with Crippen LogP contribution in [0, 0.1) is 5.92 Å². The molecule has 0 saturated carbocycles. The fraction of sp³-hybridized carbons (Fsp3) is 0.400. The fourth-order valence-corrected chi connectivity index (χ4v) is 4.08. The largest absolute Gasteiger partial charge is 0.437 e. The van der Waals surface area contributed by atoms with Gasteiger partial charge in [0.15, 0.2) is 5.78 Å². The number of alkyl halides is 3. The topological polar surface area (TPSA) is 78.4 Å². The van der Waals surface area contributed by atoms with E-state index in [1.54, 1.807) is 29.6 Å². The van der Waals surface area contributed by atoms with Gasteiger partial charge in [-0.1, -0.05) is 51.1 Å². The molecule has 2 heterocycles. The highest BCUT2D eigenvalue weighted by molar-refractivity contribution is 7.12. The number of halogens is 3. The Hall–Kier alpha value is -2.39. The molecule has 3 atom stereocenters. The number of amides is 2. The molecule has 9 heteroatoms. The molecular formula is C20H21F3N2O3S. The van der Waals surface area contributed by atoms with Crippen molar-refractivity contribution < 1.29 is 27.9 Å². The molecule has 0 spiro atoms. The first-order chi connectivity index (χ1) is 13.3. The van der Waals surface area contributed by atoms with E-state index in [2.05, 4.69) is 5.32 Å². The lowest BCUT2D eigenvalue weighted by atomic mass is 9.78. The van der Waals surface area contributed by atoms with Crippen LogP contribution in [0.5, 0.6) is 0 Å². The van der Waals surface area contributed by atoms with E-state index in [1.807, 2.05) is 20.8 Å². The van der Waals surface area contributed by atoms with Crippen molar-refractivity contribution >= 4 is 23.2 Å². The zero-order chi connectivity index (χ0) is 21.6. The SMILES string of the molecule is CC(C)(C)c1ccc([C@H]2NC(=O)N[C@@](O)(C(F)(F)F)[C@@H]2C(=O)c2cccs2)cc1. The van der Waals surface area contributed by atoms with Crippen LogP contribution in [0.3, 0.4) is 0 Å². The summed E-state index contributed by atoms with van der Waals surface area (Å²) in [6.45, 7) is 5.96. The van der Waals surface area contributed by atoms with E-state index in [0.29, 0.717) is 5.56 Å². The van der Waals surface area contributed by atoms with Crippen molar-refractivity contribution in [3.63, 3.8) is 0 Å². The van der Waals surface area contributed by atoms with Crippen LogP contribution < -0.4 is 10.6 Å². The van der Waals surface area contributed by atoms with Gasteiger partial charge in [0.05, 0.1) is 10.9 Å². The van der Waals surface area contributed by atoms with Crippen LogP contribution in [0.4, 0.5) is 18.0 Å². The van der Waals surface area contributed by atoms with Gasteiger partial charge in [-0.3, -0.25) is 4.79 Å². The number of urea groups is 1. The maximum Gasteiger partial charge on any atom is 0.437 e. The Labute approximate surface area is 169 Å². The Morgan fingerprint density at radius 1 is 1.14 bits per heavy atom. The van der Waals surface area contributed by atoms with Crippen LogP contribution in [0.25, 0.3) is 0 Å². The van der Waals surface area contributed by atoms with Gasteiger partial charge in [0.2, 0.25) is 5.72 Å². The van der Waals surface area contributed by atoms with E-state index in [9.17, 15) is 27.9 Å². The first-order valence-electron chi connectivity index (χ1n) is 8.90. The van der Waals surface area contributed by atoms with Crippen molar-refractivity contribution in [2.45, 2.75) is 44.1 Å². The minimum atomic E-state index is -5.26. The summed E-state index contributed by atoms with van der Waals surface area (Å²) in [7, 11) is 0. The van der Waals surface area contributed by atoms with E-state index < -0.39 is 35.7 Å². The maximum absolute atomic E-state index is 13.8. The van der Waals surface area contributed by atoms with E-state index in [0.717, 1.165) is 16.9 Å². The summed E-state index contributed by atoms with van der Waals surface area (Å²) >= 11 is 0.971. The molecule has 0 aliphatic carbocycles. The summed E-state index contributed by atoms with van der Waals surface area (Å²) in [6, 6.07) is 6.98. The van der Waals surface area contributed by atoms with Crippen LogP contribution in [0.1, 0.15) is 47.6 Å². The first kappa shape index (κ1) is 21.3. The molecule has 156 valence electrons. The van der Waals surface area contributed by atoms with Crippen molar-refractivity contribution in [3.8, 4) is 0 Å². The smallest absolute Gasteiger partial charge is 0.363 e. The summed E-state index contributed by atoms with van der Waals surface area (Å²) < 4.78 is 41.5. The third-order valence-corrected chi connectivity index (χ3v) is 5.87. The Morgan fingerprint density at radius 3 is 2.24 bits per heavy atom. The third kappa shape index (κ3) is 3.89. The molecule has 2 amide bonds. The quantitative estimate of drug-likeness (QED) is 0.646. The van der Waals surface area contributed by atoms with Crippen LogP contribution in [-0.4, -0.2) is 28.8 Å². The first-order valence-corrected chi connectivity index (χ1v) is 9.78.